The molecule has 3 aromatic rings. The van der Waals surface area contributed by atoms with Crippen molar-refractivity contribution in [3.8, 4) is 0 Å². The summed E-state index contributed by atoms with van der Waals surface area (Å²) in [5, 5.41) is 3.63. The second kappa shape index (κ2) is 12.3. The maximum absolute atomic E-state index is 13.2. The van der Waals surface area contributed by atoms with E-state index in [0.29, 0.717) is 32.2 Å². The predicted octanol–water partition coefficient (Wildman–Crippen LogP) is 6.33. The molecule has 0 saturated carbocycles. The average Bonchev–Trinajstić information content (AvgIpc) is 2.87. The standard InChI is InChI=1S/C27H23Cl2N3O4S/c1-2-36-26(35)18-8-12-21(13-9-18)30-25(34)23-15-24(33)32(16-17-6-10-19(28)11-7-17)27(37-23)31-22-5-3-4-20(29)14-22/h3-14,23H,2,15-16H2,1H3,(H,30,34). The number of hydrogen-bond acceptors (Lipinski definition) is 6. The van der Waals surface area contributed by atoms with Crippen molar-refractivity contribution in [1.82, 2.24) is 4.90 Å². The van der Waals surface area contributed by atoms with Gasteiger partial charge in [-0.1, -0.05) is 53.2 Å². The molecular formula is C27H23Cl2N3O4S. The number of halogens is 2. The van der Waals surface area contributed by atoms with E-state index >= 15 is 0 Å². The van der Waals surface area contributed by atoms with Gasteiger partial charge in [0.05, 0.1) is 24.4 Å². The Hall–Kier alpha value is -3.33. The molecule has 7 nitrogen and oxygen atoms in total. The Balaban J connectivity index is 1.54. The molecule has 0 aromatic heterocycles. The van der Waals surface area contributed by atoms with Gasteiger partial charge in [-0.15, -0.1) is 0 Å². The molecule has 0 bridgehead atoms. The van der Waals surface area contributed by atoms with Gasteiger partial charge >= 0.3 is 5.97 Å². The number of rotatable bonds is 7. The Morgan fingerprint density at radius 3 is 2.46 bits per heavy atom. The Kier molecular flexibility index (Phi) is 8.87. The van der Waals surface area contributed by atoms with Crippen LogP contribution in [0.25, 0.3) is 0 Å². The molecule has 10 heteroatoms. The molecule has 0 radical (unpaired) electrons. The SMILES string of the molecule is CCOC(=O)c1ccc(NC(=O)C2CC(=O)N(Cc3ccc(Cl)cc3)C(=Nc3cccc(Cl)c3)S2)cc1. The van der Waals surface area contributed by atoms with E-state index in [1.807, 2.05) is 12.1 Å². The normalized spacial score (nSPS) is 16.5. The summed E-state index contributed by atoms with van der Waals surface area (Å²) in [6, 6.07) is 20.6. The Morgan fingerprint density at radius 2 is 1.78 bits per heavy atom. The fraction of sp³-hybridized carbons (Fsp3) is 0.185. The van der Waals surface area contributed by atoms with Crippen LogP contribution in [0.3, 0.4) is 0 Å². The van der Waals surface area contributed by atoms with Crippen molar-refractivity contribution in [3.63, 3.8) is 0 Å². The zero-order chi connectivity index (χ0) is 26.4. The minimum Gasteiger partial charge on any atom is -0.462 e. The van der Waals surface area contributed by atoms with Gasteiger partial charge in [-0.25, -0.2) is 9.79 Å². The van der Waals surface area contributed by atoms with Gasteiger partial charge in [-0.05, 0) is 67.1 Å². The summed E-state index contributed by atoms with van der Waals surface area (Å²) < 4.78 is 4.98. The van der Waals surface area contributed by atoms with E-state index in [1.165, 1.54) is 11.8 Å². The summed E-state index contributed by atoms with van der Waals surface area (Å²) in [5.41, 5.74) is 2.33. The molecule has 1 fully saturated rings. The zero-order valence-corrected chi connectivity index (χ0v) is 22.1. The second-order valence-corrected chi connectivity index (χ2v) is 10.1. The van der Waals surface area contributed by atoms with Crippen LogP contribution < -0.4 is 5.32 Å². The highest BCUT2D eigenvalue weighted by Crippen LogP contribution is 2.32. The first kappa shape index (κ1) is 26.7. The Bertz CT molecular complexity index is 1330. The first-order chi connectivity index (χ1) is 17.8. The zero-order valence-electron chi connectivity index (χ0n) is 19.8. The quantitative estimate of drug-likeness (QED) is 0.344. The summed E-state index contributed by atoms with van der Waals surface area (Å²) in [7, 11) is 0. The third kappa shape index (κ3) is 7.13. The van der Waals surface area contributed by atoms with Gasteiger partial charge in [0, 0.05) is 22.2 Å². The van der Waals surface area contributed by atoms with Crippen molar-refractivity contribution in [1.29, 1.82) is 0 Å². The number of nitrogens with zero attached hydrogens (tertiary/aromatic N) is 2. The molecular weight excluding hydrogens is 533 g/mol. The highest BCUT2D eigenvalue weighted by molar-refractivity contribution is 8.15. The second-order valence-electron chi connectivity index (χ2n) is 8.08. The van der Waals surface area contributed by atoms with Crippen molar-refractivity contribution in [2.45, 2.75) is 25.1 Å². The van der Waals surface area contributed by atoms with Crippen LogP contribution >= 0.6 is 35.0 Å². The Labute approximate surface area is 228 Å². The minimum atomic E-state index is -0.698. The lowest BCUT2D eigenvalue weighted by atomic mass is 10.2. The number of nitrogens with one attached hydrogen (secondary N) is 1. The fourth-order valence-corrected chi connectivity index (χ4v) is 4.96. The minimum absolute atomic E-state index is 0.000431. The number of esters is 1. The first-order valence-electron chi connectivity index (χ1n) is 11.5. The highest BCUT2D eigenvalue weighted by Gasteiger charge is 2.36. The summed E-state index contributed by atoms with van der Waals surface area (Å²) in [5.74, 6) is -1.00. The number of amides is 2. The van der Waals surface area contributed by atoms with E-state index in [1.54, 1.807) is 72.5 Å². The molecule has 0 spiro atoms. The van der Waals surface area contributed by atoms with Gasteiger partial charge < -0.3 is 10.1 Å². The van der Waals surface area contributed by atoms with Gasteiger partial charge in [0.2, 0.25) is 11.8 Å². The molecule has 190 valence electrons. The average molecular weight is 556 g/mol. The molecule has 3 aromatic carbocycles. The number of thioether (sulfide) groups is 1. The number of carbonyl (C=O) groups excluding carboxylic acids is 3. The number of ether oxygens (including phenoxy) is 1. The molecule has 1 unspecified atom stereocenters. The van der Waals surface area contributed by atoms with Crippen molar-refractivity contribution in [2.24, 2.45) is 4.99 Å². The van der Waals surface area contributed by atoms with Gasteiger partial charge in [0.1, 0.15) is 5.25 Å². The Morgan fingerprint density at radius 1 is 1.05 bits per heavy atom. The van der Waals surface area contributed by atoms with Crippen LogP contribution in [0, 0.1) is 0 Å². The fourth-order valence-electron chi connectivity index (χ4n) is 3.55. The largest absolute Gasteiger partial charge is 0.462 e. The van der Waals surface area contributed by atoms with Crippen molar-refractivity contribution in [2.75, 3.05) is 11.9 Å². The lowest BCUT2D eigenvalue weighted by molar-refractivity contribution is -0.129. The van der Waals surface area contributed by atoms with Crippen molar-refractivity contribution in [3.05, 3.63) is 94.0 Å². The maximum atomic E-state index is 13.2. The van der Waals surface area contributed by atoms with E-state index in [-0.39, 0.29) is 31.4 Å². The molecule has 4 rings (SSSR count). The number of amidine groups is 1. The predicted molar refractivity (Wildman–Crippen MR) is 148 cm³/mol. The van der Waals surface area contributed by atoms with Gasteiger partial charge in [0.25, 0.3) is 0 Å². The lowest BCUT2D eigenvalue weighted by Gasteiger charge is -2.32. The van der Waals surface area contributed by atoms with Crippen LogP contribution in [0.2, 0.25) is 10.0 Å². The first-order valence-corrected chi connectivity index (χ1v) is 13.1. The molecule has 2 amide bonds. The number of hydrogen-bond donors (Lipinski definition) is 1. The van der Waals surface area contributed by atoms with Crippen LogP contribution in [0.1, 0.15) is 29.3 Å². The summed E-state index contributed by atoms with van der Waals surface area (Å²) >= 11 is 13.3. The van der Waals surface area contributed by atoms with Gasteiger partial charge in [-0.2, -0.15) is 0 Å². The van der Waals surface area contributed by atoms with Crippen LogP contribution in [-0.2, 0) is 20.9 Å². The number of anilines is 1. The molecule has 1 saturated heterocycles. The van der Waals surface area contributed by atoms with E-state index in [4.69, 9.17) is 27.9 Å². The molecule has 1 aliphatic rings. The monoisotopic (exact) mass is 555 g/mol. The molecule has 0 aliphatic carbocycles. The third-order valence-corrected chi connectivity index (χ3v) is 7.06. The van der Waals surface area contributed by atoms with E-state index in [0.717, 1.165) is 5.56 Å². The molecule has 1 atom stereocenters. The molecule has 37 heavy (non-hydrogen) atoms. The van der Waals surface area contributed by atoms with E-state index in [2.05, 4.69) is 10.3 Å². The van der Waals surface area contributed by atoms with Crippen LogP contribution in [0.15, 0.2) is 77.8 Å². The van der Waals surface area contributed by atoms with Crippen LogP contribution in [0.4, 0.5) is 11.4 Å². The van der Waals surface area contributed by atoms with E-state index < -0.39 is 11.2 Å². The molecule has 1 heterocycles. The summed E-state index contributed by atoms with van der Waals surface area (Å²) in [6.45, 7) is 2.29. The van der Waals surface area contributed by atoms with Gasteiger partial charge in [0.15, 0.2) is 5.17 Å². The van der Waals surface area contributed by atoms with Gasteiger partial charge in [-0.3, -0.25) is 14.5 Å². The molecule has 1 N–H and O–H groups in total. The number of carbonyl (C=O) groups is 3. The lowest BCUT2D eigenvalue weighted by Crippen LogP contribution is -2.44. The van der Waals surface area contributed by atoms with Crippen LogP contribution in [0.5, 0.6) is 0 Å². The smallest absolute Gasteiger partial charge is 0.338 e. The maximum Gasteiger partial charge on any atom is 0.338 e. The number of aliphatic imine (C=N–C) groups is 1. The number of benzene rings is 3. The van der Waals surface area contributed by atoms with Crippen molar-refractivity contribution >= 4 is 69.3 Å². The third-order valence-electron chi connectivity index (χ3n) is 5.38. The highest BCUT2D eigenvalue weighted by atomic mass is 35.5. The van der Waals surface area contributed by atoms with Crippen LogP contribution in [-0.4, -0.2) is 39.7 Å². The summed E-state index contributed by atoms with van der Waals surface area (Å²) in [4.78, 5) is 44.4. The topological polar surface area (TPSA) is 88.1 Å². The van der Waals surface area contributed by atoms with Crippen molar-refractivity contribution < 1.29 is 19.1 Å². The van der Waals surface area contributed by atoms with E-state index in [9.17, 15) is 14.4 Å². The summed E-state index contributed by atoms with van der Waals surface area (Å²) in [6.07, 6.45) is -0.000431. The molecule has 1 aliphatic heterocycles.